The maximum Gasteiger partial charge on any atom is 0.228 e. The number of β-amino-alcohol motifs (C(OH)–C–C–N with tert-alkyl or cyclic N) is 1. The molecule has 4 amide bonds. The van der Waals surface area contributed by atoms with E-state index in [-0.39, 0.29) is 61.0 Å². The van der Waals surface area contributed by atoms with Crippen molar-refractivity contribution < 1.29 is 24.3 Å². The molecule has 5 N–H and O–H groups in total. The Hall–Kier alpha value is -5.68. The van der Waals surface area contributed by atoms with Crippen LogP contribution < -0.4 is 31.1 Å². The highest BCUT2D eigenvalue weighted by Gasteiger charge is 2.34. The van der Waals surface area contributed by atoms with Crippen LogP contribution in [0.2, 0.25) is 0 Å². The largest absolute Gasteiger partial charge is 0.379 e. The van der Waals surface area contributed by atoms with Gasteiger partial charge in [-0.15, -0.1) is 0 Å². The van der Waals surface area contributed by atoms with Gasteiger partial charge in [-0.25, -0.2) is 0 Å². The van der Waals surface area contributed by atoms with E-state index >= 15 is 0 Å². The number of fused-ring (bicyclic) bond motifs is 2. The summed E-state index contributed by atoms with van der Waals surface area (Å²) in [5, 5.41) is 22.6. The van der Waals surface area contributed by atoms with Crippen molar-refractivity contribution in [2.45, 2.75) is 82.6 Å². The number of rotatable bonds is 12. The van der Waals surface area contributed by atoms with Crippen LogP contribution in [-0.4, -0.2) is 66.2 Å². The highest BCUT2D eigenvalue weighted by molar-refractivity contribution is 6.00. The lowest BCUT2D eigenvalue weighted by Gasteiger charge is -2.35. The summed E-state index contributed by atoms with van der Waals surface area (Å²) in [6, 6.07) is 35.7. The topological polar surface area (TPSA) is 143 Å². The number of anilines is 4. The van der Waals surface area contributed by atoms with E-state index in [0.29, 0.717) is 25.4 Å². The number of carbonyl (C=O) groups excluding carboxylic acids is 4. The molecule has 4 aliphatic rings. The fraction of sp³-hybridized carbons (Fsp3) is 0.378. The average molecular weight is 757 g/mol. The molecule has 0 spiro atoms. The van der Waals surface area contributed by atoms with Crippen molar-refractivity contribution in [3.8, 4) is 0 Å². The molecule has 2 aliphatic heterocycles. The minimum absolute atomic E-state index is 0.00355. The van der Waals surface area contributed by atoms with Gasteiger partial charge in [0.15, 0.2) is 0 Å². The van der Waals surface area contributed by atoms with Gasteiger partial charge in [0.2, 0.25) is 23.6 Å². The van der Waals surface area contributed by atoms with Crippen LogP contribution in [0.1, 0.15) is 56.6 Å². The van der Waals surface area contributed by atoms with Gasteiger partial charge in [0.25, 0.3) is 0 Å². The summed E-state index contributed by atoms with van der Waals surface area (Å²) in [7, 11) is 0. The predicted octanol–water partition coefficient (Wildman–Crippen LogP) is 5.65. The normalized spacial score (nSPS) is 19.3. The van der Waals surface area contributed by atoms with E-state index in [1.54, 1.807) is 4.90 Å². The minimum Gasteiger partial charge on any atom is -0.379 e. The summed E-state index contributed by atoms with van der Waals surface area (Å²) >= 11 is 0. The van der Waals surface area contributed by atoms with Crippen LogP contribution in [0.3, 0.4) is 0 Å². The van der Waals surface area contributed by atoms with Crippen LogP contribution in [0.4, 0.5) is 22.7 Å². The van der Waals surface area contributed by atoms with E-state index in [1.165, 1.54) is 0 Å². The first-order valence-corrected chi connectivity index (χ1v) is 19.9. The number of para-hydroxylation sites is 4. The smallest absolute Gasteiger partial charge is 0.228 e. The molecule has 2 heterocycles. The van der Waals surface area contributed by atoms with Crippen molar-refractivity contribution in [1.82, 2.24) is 10.6 Å². The summed E-state index contributed by atoms with van der Waals surface area (Å²) in [6.07, 6.45) is 4.69. The van der Waals surface area contributed by atoms with Gasteiger partial charge in [0.1, 0.15) is 6.23 Å². The number of nitrogens with zero attached hydrogens (tertiary/aromatic N) is 2. The SMILES string of the molecule is CC1CN(C(=O)CC(Cc2ccccc2)C(=O)NC2CC2)c2ccccc2N1.O=C(NC1CC1)[C@H](CC(=O)N1CC(O)Nc2ccccc21)Cc1ccccc1. The van der Waals surface area contributed by atoms with Crippen molar-refractivity contribution in [1.29, 1.82) is 0 Å². The second-order valence-electron chi connectivity index (χ2n) is 15.5. The average Bonchev–Trinajstić information content (AvgIpc) is 4.16. The second kappa shape index (κ2) is 17.8. The Balaban J connectivity index is 0.000000172. The fourth-order valence-electron chi connectivity index (χ4n) is 7.36. The van der Waals surface area contributed by atoms with E-state index in [0.717, 1.165) is 59.6 Å². The highest BCUT2D eigenvalue weighted by Crippen LogP contribution is 2.33. The Labute approximate surface area is 328 Å². The molecule has 56 heavy (non-hydrogen) atoms. The monoisotopic (exact) mass is 756 g/mol. The summed E-state index contributed by atoms with van der Waals surface area (Å²) in [5.74, 6) is -1.00. The fourth-order valence-corrected chi connectivity index (χ4v) is 7.36. The molecule has 4 aromatic rings. The third-order valence-corrected chi connectivity index (χ3v) is 10.6. The molecular formula is C45H52N6O5. The zero-order chi connectivity index (χ0) is 39.0. The summed E-state index contributed by atoms with van der Waals surface area (Å²) < 4.78 is 0. The zero-order valence-electron chi connectivity index (χ0n) is 31.9. The Morgan fingerprint density at radius 2 is 1.02 bits per heavy atom. The standard InChI is InChI=1S/C23H27N3O2.C22H25N3O3/c1-16-15-26(21-10-6-5-9-20(21)24-16)22(27)14-18(23(28)25-19-11-12-19)13-17-7-3-2-4-8-17;26-20-14-25(19-9-5-4-8-18(19)24-20)21(27)13-16(22(28)23-17-10-11-17)12-15-6-2-1-3-7-15/h2-10,16,18-19,24H,11-15H2,1H3,(H,25,28);1-9,16-17,20,24,26H,10-14H2,(H,23,28)/t;16-,20?/m.0/s1. The van der Waals surface area contributed by atoms with E-state index < -0.39 is 12.1 Å². The van der Waals surface area contributed by atoms with Crippen LogP contribution in [0.15, 0.2) is 109 Å². The van der Waals surface area contributed by atoms with Crippen LogP contribution >= 0.6 is 0 Å². The van der Waals surface area contributed by atoms with Crippen LogP contribution in [-0.2, 0) is 32.0 Å². The molecule has 4 aromatic carbocycles. The molecule has 0 saturated heterocycles. The van der Waals surface area contributed by atoms with E-state index in [9.17, 15) is 24.3 Å². The molecule has 2 fully saturated rings. The number of hydrogen-bond donors (Lipinski definition) is 5. The molecule has 0 radical (unpaired) electrons. The van der Waals surface area contributed by atoms with Gasteiger partial charge in [-0.1, -0.05) is 84.9 Å². The summed E-state index contributed by atoms with van der Waals surface area (Å²) in [6.45, 7) is 2.84. The number of hydrogen-bond acceptors (Lipinski definition) is 7. The Morgan fingerprint density at radius 1 is 0.607 bits per heavy atom. The molecule has 2 aliphatic carbocycles. The van der Waals surface area contributed by atoms with Gasteiger partial charge < -0.3 is 36.2 Å². The number of nitrogens with one attached hydrogen (secondary N) is 4. The molecule has 3 unspecified atom stereocenters. The summed E-state index contributed by atoms with van der Waals surface area (Å²) in [5.41, 5.74) is 5.44. The first kappa shape index (κ1) is 38.6. The third-order valence-electron chi connectivity index (χ3n) is 10.6. The number of benzene rings is 4. The van der Waals surface area contributed by atoms with Gasteiger partial charge in [-0.3, -0.25) is 19.2 Å². The van der Waals surface area contributed by atoms with Crippen molar-refractivity contribution in [2.75, 3.05) is 33.5 Å². The molecule has 292 valence electrons. The highest BCUT2D eigenvalue weighted by atomic mass is 16.3. The quantitative estimate of drug-likeness (QED) is 0.126. The Kier molecular flexibility index (Phi) is 12.3. The molecule has 11 nitrogen and oxygen atoms in total. The maximum atomic E-state index is 13.2. The van der Waals surface area contributed by atoms with Crippen LogP contribution in [0.25, 0.3) is 0 Å². The molecule has 2 saturated carbocycles. The van der Waals surface area contributed by atoms with Crippen LogP contribution in [0, 0.1) is 11.8 Å². The van der Waals surface area contributed by atoms with Gasteiger partial charge in [-0.05, 0) is 80.8 Å². The van der Waals surface area contributed by atoms with Crippen molar-refractivity contribution >= 4 is 46.4 Å². The molecule has 8 rings (SSSR count). The molecule has 0 aromatic heterocycles. The molecule has 4 atom stereocenters. The Morgan fingerprint density at radius 3 is 1.48 bits per heavy atom. The molecule has 0 bridgehead atoms. The summed E-state index contributed by atoms with van der Waals surface area (Å²) in [4.78, 5) is 55.4. The van der Waals surface area contributed by atoms with Crippen LogP contribution in [0.5, 0.6) is 0 Å². The second-order valence-corrected chi connectivity index (χ2v) is 15.5. The number of carbonyl (C=O) groups is 4. The number of aliphatic hydroxyl groups is 1. The maximum absolute atomic E-state index is 13.2. The molecule has 11 heteroatoms. The predicted molar refractivity (Wildman–Crippen MR) is 219 cm³/mol. The first-order valence-electron chi connectivity index (χ1n) is 19.9. The van der Waals surface area contributed by atoms with Crippen molar-refractivity contribution in [3.05, 3.63) is 120 Å². The van der Waals surface area contributed by atoms with Crippen molar-refractivity contribution in [3.63, 3.8) is 0 Å². The minimum atomic E-state index is -0.827. The number of aliphatic hydroxyl groups excluding tert-OH is 1. The lowest BCUT2D eigenvalue weighted by molar-refractivity contribution is -0.129. The number of amides is 4. The Bertz CT molecular complexity index is 1840. The first-order chi connectivity index (χ1) is 27.2. The van der Waals surface area contributed by atoms with Gasteiger partial charge in [0.05, 0.1) is 41.1 Å². The van der Waals surface area contributed by atoms with Gasteiger partial charge >= 0.3 is 0 Å². The lowest BCUT2D eigenvalue weighted by atomic mass is 9.94. The molecular weight excluding hydrogens is 705 g/mol. The van der Waals surface area contributed by atoms with Gasteiger partial charge in [-0.2, -0.15) is 0 Å². The zero-order valence-corrected chi connectivity index (χ0v) is 31.9. The van der Waals surface area contributed by atoms with E-state index in [1.807, 2.05) is 114 Å². The van der Waals surface area contributed by atoms with E-state index in [2.05, 4.69) is 28.2 Å². The van der Waals surface area contributed by atoms with Gasteiger partial charge in [0, 0.05) is 37.5 Å². The third kappa shape index (κ3) is 10.3. The van der Waals surface area contributed by atoms with E-state index in [4.69, 9.17) is 0 Å². The lowest BCUT2D eigenvalue weighted by Crippen LogP contribution is -2.46. The van der Waals surface area contributed by atoms with Crippen molar-refractivity contribution in [2.24, 2.45) is 11.8 Å².